The summed E-state index contributed by atoms with van der Waals surface area (Å²) < 4.78 is 10.3. The number of ether oxygens (including phenoxy) is 2. The van der Waals surface area contributed by atoms with Crippen molar-refractivity contribution in [1.29, 1.82) is 0 Å². The van der Waals surface area contributed by atoms with E-state index >= 15 is 0 Å². The summed E-state index contributed by atoms with van der Waals surface area (Å²) in [5.74, 6) is 0.570. The molecule has 0 aromatic rings. The average molecular weight is 230 g/mol. The van der Waals surface area contributed by atoms with Gasteiger partial charge in [-0.3, -0.25) is 4.79 Å². The second-order valence-corrected chi connectivity index (χ2v) is 4.16. The Balaban J connectivity index is 2.13. The summed E-state index contributed by atoms with van der Waals surface area (Å²) in [4.78, 5) is 11.5. The van der Waals surface area contributed by atoms with E-state index in [0.29, 0.717) is 18.9 Å². The maximum Gasteiger partial charge on any atom is 0.222 e. The number of methoxy groups -OCH3 is 1. The van der Waals surface area contributed by atoms with Gasteiger partial charge in [-0.25, -0.2) is 0 Å². The Hall–Kier alpha value is -0.650. The van der Waals surface area contributed by atoms with Crippen LogP contribution in [0.15, 0.2) is 0 Å². The zero-order valence-corrected chi connectivity index (χ0v) is 9.91. The molecule has 1 saturated heterocycles. The Kier molecular flexibility index (Phi) is 6.37. The molecule has 1 heterocycles. The number of rotatable bonds is 6. The molecule has 0 aromatic heterocycles. The van der Waals surface area contributed by atoms with Crippen LogP contribution in [-0.4, -0.2) is 45.4 Å². The third kappa shape index (κ3) is 4.92. The van der Waals surface area contributed by atoms with Crippen LogP contribution < -0.4 is 11.1 Å². The predicted molar refractivity (Wildman–Crippen MR) is 61.0 cm³/mol. The van der Waals surface area contributed by atoms with Gasteiger partial charge in [-0.1, -0.05) is 0 Å². The van der Waals surface area contributed by atoms with E-state index in [2.05, 4.69) is 5.32 Å². The number of hydrogen-bond donors (Lipinski definition) is 2. The molecular formula is C11H22N2O3. The van der Waals surface area contributed by atoms with Crippen LogP contribution in [0.4, 0.5) is 0 Å². The van der Waals surface area contributed by atoms with Gasteiger partial charge < -0.3 is 20.5 Å². The lowest BCUT2D eigenvalue weighted by Crippen LogP contribution is -2.36. The van der Waals surface area contributed by atoms with Gasteiger partial charge in [-0.05, 0) is 18.8 Å². The maximum absolute atomic E-state index is 11.5. The zero-order chi connectivity index (χ0) is 11.8. The van der Waals surface area contributed by atoms with Crippen molar-refractivity contribution in [2.24, 2.45) is 11.7 Å². The summed E-state index contributed by atoms with van der Waals surface area (Å²) in [7, 11) is 1.57. The molecule has 1 unspecified atom stereocenters. The summed E-state index contributed by atoms with van der Waals surface area (Å²) in [6, 6.07) is 0. The molecule has 1 fully saturated rings. The molecule has 0 saturated carbocycles. The molecule has 1 aliphatic heterocycles. The van der Waals surface area contributed by atoms with Gasteiger partial charge in [-0.15, -0.1) is 0 Å². The Labute approximate surface area is 96.7 Å². The molecule has 1 atom stereocenters. The highest BCUT2D eigenvalue weighted by Crippen LogP contribution is 2.13. The summed E-state index contributed by atoms with van der Waals surface area (Å²) >= 11 is 0. The lowest BCUT2D eigenvalue weighted by atomic mass is 10.0. The van der Waals surface area contributed by atoms with Gasteiger partial charge in [-0.2, -0.15) is 0 Å². The van der Waals surface area contributed by atoms with Crippen LogP contribution in [0, 0.1) is 5.92 Å². The maximum atomic E-state index is 11.5. The smallest absolute Gasteiger partial charge is 0.222 e. The normalized spacial score (nSPS) is 19.4. The summed E-state index contributed by atoms with van der Waals surface area (Å²) in [6.45, 7) is 2.73. The zero-order valence-electron chi connectivity index (χ0n) is 9.91. The Morgan fingerprint density at radius 3 is 2.81 bits per heavy atom. The van der Waals surface area contributed by atoms with Crippen LogP contribution in [-0.2, 0) is 14.3 Å². The first-order chi connectivity index (χ1) is 7.76. The molecule has 0 radical (unpaired) electrons. The van der Waals surface area contributed by atoms with E-state index in [1.807, 2.05) is 0 Å². The van der Waals surface area contributed by atoms with Gasteiger partial charge in [0.25, 0.3) is 0 Å². The highest BCUT2D eigenvalue weighted by atomic mass is 16.5. The molecule has 16 heavy (non-hydrogen) atoms. The van der Waals surface area contributed by atoms with Crippen molar-refractivity contribution in [2.45, 2.75) is 25.4 Å². The predicted octanol–water partition coefficient (Wildman–Crippen LogP) is -0.107. The second kappa shape index (κ2) is 7.60. The molecule has 0 spiro atoms. The summed E-state index contributed by atoms with van der Waals surface area (Å²) in [6.07, 6.45) is 2.24. The fraction of sp³-hybridized carbons (Fsp3) is 0.909. The van der Waals surface area contributed by atoms with Crippen LogP contribution in [0.25, 0.3) is 0 Å². The monoisotopic (exact) mass is 230 g/mol. The van der Waals surface area contributed by atoms with Gasteiger partial charge >= 0.3 is 0 Å². The second-order valence-electron chi connectivity index (χ2n) is 4.16. The van der Waals surface area contributed by atoms with Crippen LogP contribution in [0.3, 0.4) is 0 Å². The van der Waals surface area contributed by atoms with Crippen molar-refractivity contribution in [1.82, 2.24) is 5.32 Å². The van der Waals surface area contributed by atoms with Crippen LogP contribution in [0.1, 0.15) is 19.3 Å². The highest BCUT2D eigenvalue weighted by Gasteiger charge is 2.16. The number of carbonyl (C=O) groups excluding carboxylic acids is 1. The standard InChI is InChI=1S/C11H22N2O3/c1-15-10(7-12)6-11(14)13-8-9-2-4-16-5-3-9/h9-10H,2-8,12H2,1H3,(H,13,14). The SMILES string of the molecule is COC(CN)CC(=O)NCC1CCOCC1. The van der Waals surface area contributed by atoms with Crippen LogP contribution in [0.2, 0.25) is 0 Å². The highest BCUT2D eigenvalue weighted by molar-refractivity contribution is 5.76. The fourth-order valence-electron chi connectivity index (χ4n) is 1.75. The van der Waals surface area contributed by atoms with Crippen LogP contribution in [0.5, 0.6) is 0 Å². The van der Waals surface area contributed by atoms with Gasteiger partial charge in [0.1, 0.15) is 0 Å². The van der Waals surface area contributed by atoms with Crippen molar-refractivity contribution in [3.63, 3.8) is 0 Å². The van der Waals surface area contributed by atoms with E-state index in [1.54, 1.807) is 7.11 Å². The topological polar surface area (TPSA) is 73.6 Å². The van der Waals surface area contributed by atoms with Crippen molar-refractivity contribution >= 4 is 5.91 Å². The first-order valence-corrected chi connectivity index (χ1v) is 5.83. The molecule has 94 valence electrons. The van der Waals surface area contributed by atoms with Gasteiger partial charge in [0.05, 0.1) is 12.5 Å². The van der Waals surface area contributed by atoms with E-state index in [9.17, 15) is 4.79 Å². The van der Waals surface area contributed by atoms with E-state index in [1.165, 1.54) is 0 Å². The first-order valence-electron chi connectivity index (χ1n) is 5.83. The van der Waals surface area contributed by atoms with Crippen molar-refractivity contribution in [2.75, 3.05) is 33.4 Å². The van der Waals surface area contributed by atoms with E-state index in [0.717, 1.165) is 32.6 Å². The van der Waals surface area contributed by atoms with E-state index < -0.39 is 0 Å². The van der Waals surface area contributed by atoms with Crippen LogP contribution >= 0.6 is 0 Å². The van der Waals surface area contributed by atoms with Crippen molar-refractivity contribution < 1.29 is 14.3 Å². The summed E-state index contributed by atoms with van der Waals surface area (Å²) in [5.41, 5.74) is 5.45. The fourth-order valence-corrected chi connectivity index (χ4v) is 1.75. The lowest BCUT2D eigenvalue weighted by molar-refractivity contribution is -0.123. The largest absolute Gasteiger partial charge is 0.381 e. The minimum absolute atomic E-state index is 0.0174. The van der Waals surface area contributed by atoms with E-state index in [-0.39, 0.29) is 12.0 Å². The molecule has 1 aliphatic rings. The van der Waals surface area contributed by atoms with Crippen molar-refractivity contribution in [3.8, 4) is 0 Å². The van der Waals surface area contributed by atoms with Gasteiger partial charge in [0.2, 0.25) is 5.91 Å². The molecule has 0 aromatic carbocycles. The quantitative estimate of drug-likeness (QED) is 0.668. The molecular weight excluding hydrogens is 208 g/mol. The number of carbonyl (C=O) groups is 1. The number of nitrogens with two attached hydrogens (primary N) is 1. The average Bonchev–Trinajstić information content (AvgIpc) is 2.34. The number of hydrogen-bond acceptors (Lipinski definition) is 4. The third-order valence-electron chi connectivity index (χ3n) is 2.94. The Morgan fingerprint density at radius 1 is 1.56 bits per heavy atom. The van der Waals surface area contributed by atoms with Crippen molar-refractivity contribution in [3.05, 3.63) is 0 Å². The molecule has 0 bridgehead atoms. The summed E-state index contributed by atoms with van der Waals surface area (Å²) in [5, 5.41) is 2.92. The first kappa shape index (κ1) is 13.4. The lowest BCUT2D eigenvalue weighted by Gasteiger charge is -2.22. The van der Waals surface area contributed by atoms with Gasteiger partial charge in [0.15, 0.2) is 0 Å². The van der Waals surface area contributed by atoms with Gasteiger partial charge in [0, 0.05) is 33.4 Å². The molecule has 0 aliphatic carbocycles. The molecule has 3 N–H and O–H groups in total. The third-order valence-corrected chi connectivity index (χ3v) is 2.94. The van der Waals surface area contributed by atoms with E-state index in [4.69, 9.17) is 15.2 Å². The molecule has 1 rings (SSSR count). The molecule has 5 heteroatoms. The minimum atomic E-state index is -0.172. The number of amides is 1. The minimum Gasteiger partial charge on any atom is -0.381 e. The molecule has 1 amide bonds. The number of nitrogens with one attached hydrogen (secondary N) is 1. The Bertz CT molecular complexity index is 201. The Morgan fingerprint density at radius 2 is 2.25 bits per heavy atom. The molecule has 5 nitrogen and oxygen atoms in total.